The molecule has 0 amide bonds. The quantitative estimate of drug-likeness (QED) is 0.579. The average Bonchev–Trinajstić information content (AvgIpc) is 2.99. The van der Waals surface area contributed by atoms with E-state index in [9.17, 15) is 0 Å². The van der Waals surface area contributed by atoms with Crippen molar-refractivity contribution in [2.45, 2.75) is 6.42 Å². The Bertz CT molecular complexity index is 1010. The monoisotopic (exact) mass is 319 g/mol. The highest BCUT2D eigenvalue weighted by Crippen LogP contribution is 2.33. The van der Waals surface area contributed by atoms with Crippen molar-refractivity contribution in [3.8, 4) is 5.88 Å². The maximum atomic E-state index is 5.45. The highest BCUT2D eigenvalue weighted by molar-refractivity contribution is 6.08. The maximum absolute atomic E-state index is 5.45. The van der Waals surface area contributed by atoms with Crippen LogP contribution in [0.5, 0.6) is 5.88 Å². The molecule has 2 aromatic heterocycles. The number of methoxy groups -OCH3 is 1. The van der Waals surface area contributed by atoms with Crippen LogP contribution in [0.2, 0.25) is 0 Å². The molecule has 4 rings (SSSR count). The minimum atomic E-state index is 0.572. The molecule has 2 aromatic carbocycles. The van der Waals surface area contributed by atoms with Gasteiger partial charge in [-0.3, -0.25) is 0 Å². The largest absolute Gasteiger partial charge is 0.480 e. The van der Waals surface area contributed by atoms with E-state index in [4.69, 9.17) is 9.57 Å². The summed E-state index contributed by atoms with van der Waals surface area (Å²) in [5.41, 5.74) is 2.79. The lowest BCUT2D eigenvalue weighted by Gasteiger charge is -2.07. The molecule has 5 nitrogen and oxygen atoms in total. The van der Waals surface area contributed by atoms with Crippen LogP contribution in [0, 0.1) is 0 Å². The lowest BCUT2D eigenvalue weighted by molar-refractivity contribution is 0.142. The van der Waals surface area contributed by atoms with Crippen LogP contribution >= 0.6 is 0 Å². The van der Waals surface area contributed by atoms with Crippen molar-refractivity contribution in [3.05, 3.63) is 65.9 Å². The van der Waals surface area contributed by atoms with E-state index in [0.717, 1.165) is 21.9 Å². The summed E-state index contributed by atoms with van der Waals surface area (Å²) in [5, 5.41) is 7.64. The third-order valence-corrected chi connectivity index (χ3v) is 4.12. The molecule has 0 aliphatic heterocycles. The number of hydrogen-bond donors (Lipinski definition) is 0. The Balaban J connectivity index is 2.02. The first-order valence-electron chi connectivity index (χ1n) is 7.74. The molecule has 24 heavy (non-hydrogen) atoms. The summed E-state index contributed by atoms with van der Waals surface area (Å²) in [6.07, 6.45) is 0.714. The summed E-state index contributed by atoms with van der Waals surface area (Å²) in [5.74, 6) is 0.572. The van der Waals surface area contributed by atoms with E-state index in [1.807, 2.05) is 36.4 Å². The van der Waals surface area contributed by atoms with Crippen molar-refractivity contribution < 1.29 is 9.57 Å². The molecule has 0 spiro atoms. The molecule has 0 saturated carbocycles. The predicted molar refractivity (Wildman–Crippen MR) is 93.3 cm³/mol. The lowest BCUT2D eigenvalue weighted by Crippen LogP contribution is -2.08. The van der Waals surface area contributed by atoms with Gasteiger partial charge < -0.3 is 9.57 Å². The number of aromatic nitrogens is 3. The molecule has 4 aromatic rings. The average molecular weight is 319 g/mol. The second-order valence-corrected chi connectivity index (χ2v) is 5.53. The number of hydrogen-bond acceptors (Lipinski definition) is 4. The maximum Gasteiger partial charge on any atom is 0.223 e. The van der Waals surface area contributed by atoms with Gasteiger partial charge in [0.2, 0.25) is 11.5 Å². The SMILES string of the molecule is COc1nc2c(c(Cc3ccccc3)nn2OC)c2ccccc12. The van der Waals surface area contributed by atoms with Gasteiger partial charge in [-0.2, -0.15) is 4.98 Å². The van der Waals surface area contributed by atoms with Crippen molar-refractivity contribution in [2.75, 3.05) is 14.2 Å². The standard InChI is InChI=1S/C19H17N3O2/c1-23-19-15-11-7-6-10-14(15)17-16(12-13-8-4-3-5-9-13)21-22(24-2)18(17)20-19/h3-11H,12H2,1-2H3. The van der Waals surface area contributed by atoms with Gasteiger partial charge >= 0.3 is 0 Å². The first-order chi connectivity index (χ1) is 11.8. The van der Waals surface area contributed by atoms with Gasteiger partial charge in [-0.1, -0.05) is 53.4 Å². The first kappa shape index (κ1) is 14.5. The zero-order chi connectivity index (χ0) is 16.5. The van der Waals surface area contributed by atoms with Gasteiger partial charge in [0, 0.05) is 17.2 Å². The van der Waals surface area contributed by atoms with E-state index >= 15 is 0 Å². The summed E-state index contributed by atoms with van der Waals surface area (Å²) in [4.78, 5) is 11.5. The van der Waals surface area contributed by atoms with E-state index in [2.05, 4.69) is 28.3 Å². The van der Waals surface area contributed by atoms with E-state index < -0.39 is 0 Å². The Kier molecular flexibility index (Phi) is 3.54. The molecule has 120 valence electrons. The van der Waals surface area contributed by atoms with Gasteiger partial charge in [0.1, 0.15) is 7.11 Å². The fraction of sp³-hybridized carbons (Fsp3) is 0.158. The molecule has 0 atom stereocenters. The van der Waals surface area contributed by atoms with Gasteiger partial charge in [0.05, 0.1) is 18.2 Å². The Hall–Kier alpha value is -3.08. The Morgan fingerprint density at radius 2 is 1.62 bits per heavy atom. The fourth-order valence-corrected chi connectivity index (χ4v) is 3.05. The van der Waals surface area contributed by atoms with Crippen molar-refractivity contribution >= 4 is 21.8 Å². The molecule has 0 bridgehead atoms. The number of pyridine rings is 1. The van der Waals surface area contributed by atoms with E-state index in [-0.39, 0.29) is 0 Å². The zero-order valence-corrected chi connectivity index (χ0v) is 13.6. The van der Waals surface area contributed by atoms with Gasteiger partial charge in [0.15, 0.2) is 0 Å². The second-order valence-electron chi connectivity index (χ2n) is 5.53. The Labute approximate surface area is 139 Å². The topological polar surface area (TPSA) is 49.2 Å². The minimum Gasteiger partial charge on any atom is -0.480 e. The van der Waals surface area contributed by atoms with Crippen molar-refractivity contribution in [2.24, 2.45) is 0 Å². The van der Waals surface area contributed by atoms with Crippen LogP contribution in [-0.4, -0.2) is 29.1 Å². The minimum absolute atomic E-state index is 0.572. The molecule has 0 N–H and O–H groups in total. The van der Waals surface area contributed by atoms with E-state index in [0.29, 0.717) is 17.9 Å². The smallest absolute Gasteiger partial charge is 0.223 e. The normalized spacial score (nSPS) is 11.1. The van der Waals surface area contributed by atoms with Crippen LogP contribution in [0.1, 0.15) is 11.3 Å². The number of nitrogens with zero attached hydrogens (tertiary/aromatic N) is 3. The molecule has 0 aliphatic rings. The van der Waals surface area contributed by atoms with Crippen LogP contribution < -0.4 is 9.57 Å². The van der Waals surface area contributed by atoms with Crippen LogP contribution in [0.3, 0.4) is 0 Å². The van der Waals surface area contributed by atoms with Crippen molar-refractivity contribution in [3.63, 3.8) is 0 Å². The highest BCUT2D eigenvalue weighted by atomic mass is 16.7. The number of benzene rings is 2. The fourth-order valence-electron chi connectivity index (χ4n) is 3.05. The van der Waals surface area contributed by atoms with Crippen molar-refractivity contribution in [1.82, 2.24) is 14.9 Å². The molecule has 0 radical (unpaired) electrons. The van der Waals surface area contributed by atoms with E-state index in [1.54, 1.807) is 14.2 Å². The Morgan fingerprint density at radius 3 is 2.33 bits per heavy atom. The molecular weight excluding hydrogens is 302 g/mol. The van der Waals surface area contributed by atoms with Gasteiger partial charge in [-0.25, -0.2) is 0 Å². The summed E-state index contributed by atoms with van der Waals surface area (Å²) in [6, 6.07) is 18.3. The van der Waals surface area contributed by atoms with Crippen LogP contribution in [0.4, 0.5) is 0 Å². The second kappa shape index (κ2) is 5.85. The van der Waals surface area contributed by atoms with Gasteiger partial charge in [-0.15, -0.1) is 5.10 Å². The third kappa shape index (κ3) is 2.25. The van der Waals surface area contributed by atoms with E-state index in [1.165, 1.54) is 10.4 Å². The highest BCUT2D eigenvalue weighted by Gasteiger charge is 2.18. The molecule has 5 heteroatoms. The van der Waals surface area contributed by atoms with Crippen LogP contribution in [0.25, 0.3) is 21.8 Å². The van der Waals surface area contributed by atoms with Crippen LogP contribution in [-0.2, 0) is 6.42 Å². The summed E-state index contributed by atoms with van der Waals surface area (Å²) in [6.45, 7) is 0. The summed E-state index contributed by atoms with van der Waals surface area (Å²) in [7, 11) is 3.21. The number of ether oxygens (including phenoxy) is 1. The van der Waals surface area contributed by atoms with Gasteiger partial charge in [-0.05, 0) is 11.6 Å². The molecule has 0 aliphatic carbocycles. The number of fused-ring (bicyclic) bond motifs is 3. The molecular formula is C19H17N3O2. The van der Waals surface area contributed by atoms with Crippen molar-refractivity contribution in [1.29, 1.82) is 0 Å². The van der Waals surface area contributed by atoms with Gasteiger partial charge in [0.25, 0.3) is 0 Å². The lowest BCUT2D eigenvalue weighted by atomic mass is 10.0. The third-order valence-electron chi connectivity index (χ3n) is 4.12. The molecule has 0 unspecified atom stereocenters. The van der Waals surface area contributed by atoms with Crippen LogP contribution in [0.15, 0.2) is 54.6 Å². The molecule has 0 saturated heterocycles. The predicted octanol–water partition coefficient (Wildman–Crippen LogP) is 3.24. The molecule has 0 fully saturated rings. The zero-order valence-electron chi connectivity index (χ0n) is 13.6. The number of rotatable bonds is 4. The Morgan fingerprint density at radius 1 is 0.917 bits per heavy atom. The summed E-state index contributed by atoms with van der Waals surface area (Å²) >= 11 is 0. The molecule has 2 heterocycles. The first-order valence-corrected chi connectivity index (χ1v) is 7.74. The summed E-state index contributed by atoms with van der Waals surface area (Å²) < 4.78 is 5.45.